The van der Waals surface area contributed by atoms with E-state index in [9.17, 15) is 14.9 Å². The lowest BCUT2D eigenvalue weighted by molar-refractivity contribution is -0.384. The smallest absolute Gasteiger partial charge is 0.292 e. The highest BCUT2D eigenvalue weighted by Gasteiger charge is 2.30. The normalized spacial score (nSPS) is 17.5. The number of anilines is 1. The first-order valence-electron chi connectivity index (χ1n) is 10.5. The number of furan rings is 1. The van der Waals surface area contributed by atoms with Crippen molar-refractivity contribution in [3.63, 3.8) is 0 Å². The number of carbonyl (C=O) groups is 1. The van der Waals surface area contributed by atoms with Crippen molar-refractivity contribution < 1.29 is 14.1 Å². The molecule has 166 valence electrons. The Bertz CT molecular complexity index is 1260. The second kappa shape index (κ2) is 8.95. The largest absolute Gasteiger partial charge is 0.457 e. The van der Waals surface area contributed by atoms with Crippen LogP contribution in [0.15, 0.2) is 81.0 Å². The van der Waals surface area contributed by atoms with Crippen molar-refractivity contribution in [3.8, 4) is 11.3 Å². The Balaban J connectivity index is 1.24. The second-order valence-electron chi connectivity index (χ2n) is 7.60. The number of nitro benzene ring substituents is 1. The number of hydrogen-bond acceptors (Lipinski definition) is 7. The fraction of sp³-hybridized carbons (Fsp3) is 0.167. The monoisotopic (exact) mass is 460 g/mol. The lowest BCUT2D eigenvalue weighted by Crippen LogP contribution is -2.48. The number of hydrogen-bond donors (Lipinski definition) is 0. The molecule has 0 bridgehead atoms. The summed E-state index contributed by atoms with van der Waals surface area (Å²) in [4.78, 5) is 32.3. The maximum atomic E-state index is 12.5. The first-order chi connectivity index (χ1) is 16.1. The molecule has 0 atom stereocenters. The molecule has 2 aromatic carbocycles. The molecule has 1 fully saturated rings. The summed E-state index contributed by atoms with van der Waals surface area (Å²) < 4.78 is 5.89. The Labute approximate surface area is 194 Å². The van der Waals surface area contributed by atoms with E-state index >= 15 is 0 Å². The molecule has 0 N–H and O–H groups in total. The minimum Gasteiger partial charge on any atom is -0.457 e. The molecule has 3 heterocycles. The maximum absolute atomic E-state index is 12.5. The SMILES string of the molecule is O=C1N=C(N2CCN(c3ccccc3[N+](=O)[O-])CC2)SC1=Cc1ccc(-c2ccccc2)o1. The summed E-state index contributed by atoms with van der Waals surface area (Å²) in [5.74, 6) is 1.06. The van der Waals surface area contributed by atoms with Crippen molar-refractivity contribution >= 4 is 40.3 Å². The van der Waals surface area contributed by atoms with Crippen LogP contribution in [-0.2, 0) is 4.79 Å². The van der Waals surface area contributed by atoms with Crippen LogP contribution < -0.4 is 4.90 Å². The van der Waals surface area contributed by atoms with E-state index in [0.29, 0.717) is 47.7 Å². The molecule has 3 aromatic rings. The Hall–Kier alpha value is -3.85. The van der Waals surface area contributed by atoms with E-state index in [1.54, 1.807) is 24.3 Å². The quantitative estimate of drug-likeness (QED) is 0.318. The van der Waals surface area contributed by atoms with Gasteiger partial charge in [0.25, 0.3) is 11.6 Å². The van der Waals surface area contributed by atoms with Gasteiger partial charge >= 0.3 is 0 Å². The van der Waals surface area contributed by atoms with E-state index in [1.165, 1.54) is 17.8 Å². The summed E-state index contributed by atoms with van der Waals surface area (Å²) in [7, 11) is 0. The van der Waals surface area contributed by atoms with Gasteiger partial charge in [-0.1, -0.05) is 42.5 Å². The van der Waals surface area contributed by atoms with E-state index in [-0.39, 0.29) is 16.5 Å². The zero-order valence-electron chi connectivity index (χ0n) is 17.6. The van der Waals surface area contributed by atoms with Crippen molar-refractivity contribution in [2.24, 2.45) is 4.99 Å². The van der Waals surface area contributed by atoms with Gasteiger partial charge in [0, 0.05) is 43.9 Å². The first kappa shape index (κ1) is 21.0. The van der Waals surface area contributed by atoms with Gasteiger partial charge in [0.15, 0.2) is 5.17 Å². The molecule has 0 spiro atoms. The molecule has 2 aliphatic rings. The molecular weight excluding hydrogens is 440 g/mol. The van der Waals surface area contributed by atoms with Gasteiger partial charge < -0.3 is 14.2 Å². The highest BCUT2D eigenvalue weighted by molar-refractivity contribution is 8.18. The topological polar surface area (TPSA) is 92.2 Å². The fourth-order valence-electron chi connectivity index (χ4n) is 3.88. The molecular formula is C24H20N4O4S. The van der Waals surface area contributed by atoms with Gasteiger partial charge in [0.2, 0.25) is 0 Å². The number of piperazine rings is 1. The molecule has 1 saturated heterocycles. The molecule has 1 aromatic heterocycles. The van der Waals surface area contributed by atoms with Gasteiger partial charge in [-0.25, -0.2) is 0 Å². The van der Waals surface area contributed by atoms with Crippen molar-refractivity contribution in [3.05, 3.63) is 87.5 Å². The third-order valence-electron chi connectivity index (χ3n) is 5.54. The highest BCUT2D eigenvalue weighted by atomic mass is 32.2. The first-order valence-corrected chi connectivity index (χ1v) is 11.3. The number of benzene rings is 2. The Kier molecular flexibility index (Phi) is 5.70. The summed E-state index contributed by atoms with van der Waals surface area (Å²) in [6, 6.07) is 20.3. The zero-order valence-corrected chi connectivity index (χ0v) is 18.4. The molecule has 33 heavy (non-hydrogen) atoms. The van der Waals surface area contributed by atoms with Crippen LogP contribution in [0.4, 0.5) is 11.4 Å². The van der Waals surface area contributed by atoms with Gasteiger partial charge in [-0.15, -0.1) is 0 Å². The van der Waals surface area contributed by atoms with Gasteiger partial charge in [-0.05, 0) is 30.0 Å². The van der Waals surface area contributed by atoms with Crippen molar-refractivity contribution in [1.29, 1.82) is 0 Å². The van der Waals surface area contributed by atoms with Crippen LogP contribution in [0, 0.1) is 10.1 Å². The van der Waals surface area contributed by atoms with Crippen LogP contribution in [0.2, 0.25) is 0 Å². The molecule has 8 nitrogen and oxygen atoms in total. The van der Waals surface area contributed by atoms with Gasteiger partial charge in [0.1, 0.15) is 17.2 Å². The molecule has 0 radical (unpaired) electrons. The molecule has 0 saturated carbocycles. The molecule has 1 amide bonds. The fourth-order valence-corrected chi connectivity index (χ4v) is 4.82. The Morgan fingerprint density at radius 3 is 2.39 bits per heavy atom. The maximum Gasteiger partial charge on any atom is 0.292 e. The molecule has 0 unspecified atom stereocenters. The van der Waals surface area contributed by atoms with E-state index < -0.39 is 0 Å². The minimum absolute atomic E-state index is 0.104. The molecule has 2 aliphatic heterocycles. The summed E-state index contributed by atoms with van der Waals surface area (Å²) >= 11 is 1.33. The standard InChI is InChI=1S/C24H20N4O4S/c29-23-22(16-18-10-11-21(32-18)17-6-2-1-3-7-17)33-24(25-23)27-14-12-26(13-15-27)19-8-4-5-9-20(19)28(30)31/h1-11,16H,12-15H2. The predicted octanol–water partition coefficient (Wildman–Crippen LogP) is 4.65. The highest BCUT2D eigenvalue weighted by Crippen LogP contribution is 2.33. The number of amidine groups is 1. The number of nitro groups is 1. The van der Waals surface area contributed by atoms with Crippen LogP contribution in [0.3, 0.4) is 0 Å². The number of para-hydroxylation sites is 2. The van der Waals surface area contributed by atoms with E-state index in [1.807, 2.05) is 52.3 Å². The molecule has 5 rings (SSSR count). The van der Waals surface area contributed by atoms with Gasteiger partial charge in [0.05, 0.1) is 9.83 Å². The van der Waals surface area contributed by atoms with Crippen LogP contribution in [0.1, 0.15) is 5.76 Å². The Morgan fingerprint density at radius 1 is 0.939 bits per heavy atom. The minimum atomic E-state index is -0.355. The Morgan fingerprint density at radius 2 is 1.64 bits per heavy atom. The summed E-state index contributed by atoms with van der Waals surface area (Å²) in [5, 5.41) is 12.0. The van der Waals surface area contributed by atoms with Crippen LogP contribution >= 0.6 is 11.8 Å². The van der Waals surface area contributed by atoms with E-state index in [4.69, 9.17) is 4.42 Å². The lowest BCUT2D eigenvalue weighted by atomic mass is 10.2. The number of nitrogens with zero attached hydrogens (tertiary/aromatic N) is 4. The van der Waals surface area contributed by atoms with E-state index in [2.05, 4.69) is 4.99 Å². The second-order valence-corrected chi connectivity index (χ2v) is 8.61. The third kappa shape index (κ3) is 4.40. The lowest BCUT2D eigenvalue weighted by Gasteiger charge is -2.36. The number of thioether (sulfide) groups is 1. The summed E-state index contributed by atoms with van der Waals surface area (Å²) in [5.41, 5.74) is 1.69. The molecule has 0 aliphatic carbocycles. The summed E-state index contributed by atoms with van der Waals surface area (Å²) in [6.07, 6.45) is 1.72. The number of aliphatic imine (C=N–C) groups is 1. The van der Waals surface area contributed by atoms with Crippen LogP contribution in [0.25, 0.3) is 17.4 Å². The van der Waals surface area contributed by atoms with E-state index in [0.717, 1.165) is 11.3 Å². The number of carbonyl (C=O) groups excluding carboxylic acids is 1. The van der Waals surface area contributed by atoms with Crippen molar-refractivity contribution in [1.82, 2.24) is 4.90 Å². The number of rotatable bonds is 4. The van der Waals surface area contributed by atoms with Crippen LogP contribution in [-0.4, -0.2) is 47.1 Å². The van der Waals surface area contributed by atoms with Crippen molar-refractivity contribution in [2.75, 3.05) is 31.1 Å². The van der Waals surface area contributed by atoms with Gasteiger partial charge in [-0.3, -0.25) is 14.9 Å². The molecule has 9 heteroatoms. The van der Waals surface area contributed by atoms with Gasteiger partial charge in [-0.2, -0.15) is 4.99 Å². The summed E-state index contributed by atoms with van der Waals surface area (Å²) in [6.45, 7) is 2.46. The predicted molar refractivity (Wildman–Crippen MR) is 129 cm³/mol. The van der Waals surface area contributed by atoms with Crippen LogP contribution in [0.5, 0.6) is 0 Å². The average Bonchev–Trinajstić information content (AvgIpc) is 3.47. The number of amides is 1. The zero-order chi connectivity index (χ0) is 22.8. The van der Waals surface area contributed by atoms with Crippen molar-refractivity contribution in [2.45, 2.75) is 0 Å². The average molecular weight is 461 g/mol. The third-order valence-corrected chi connectivity index (χ3v) is 6.58.